The van der Waals surface area contributed by atoms with Crippen LogP contribution in [0.5, 0.6) is 0 Å². The van der Waals surface area contributed by atoms with E-state index in [-0.39, 0.29) is 18.1 Å². The van der Waals surface area contributed by atoms with Crippen LogP contribution in [0.1, 0.15) is 32.6 Å². The number of carbonyl (C=O) groups is 2. The summed E-state index contributed by atoms with van der Waals surface area (Å²) in [5, 5.41) is 11.7. The smallest absolute Gasteiger partial charge is 0.332 e. The topological polar surface area (TPSA) is 84.9 Å². The summed E-state index contributed by atoms with van der Waals surface area (Å²) >= 11 is 0. The number of ether oxygens (including phenoxy) is 2. The van der Waals surface area contributed by atoms with Crippen molar-refractivity contribution in [1.82, 2.24) is 5.32 Å². The van der Waals surface area contributed by atoms with Gasteiger partial charge in [-0.2, -0.15) is 0 Å². The summed E-state index contributed by atoms with van der Waals surface area (Å²) in [5.74, 6) is -1.19. The van der Waals surface area contributed by atoms with Gasteiger partial charge in [-0.05, 0) is 32.6 Å². The number of carboxylic acid groups (broad SMARTS) is 1. The highest BCUT2D eigenvalue weighted by atomic mass is 16.5. The molecule has 0 bridgehead atoms. The predicted molar refractivity (Wildman–Crippen MR) is 62.1 cm³/mol. The first-order chi connectivity index (χ1) is 8.56. The van der Waals surface area contributed by atoms with Gasteiger partial charge in [-0.25, -0.2) is 4.79 Å². The molecule has 0 radical (unpaired) electrons. The van der Waals surface area contributed by atoms with Crippen LogP contribution in [0.3, 0.4) is 0 Å². The summed E-state index contributed by atoms with van der Waals surface area (Å²) in [7, 11) is 0. The normalized spacial score (nSPS) is 36.3. The van der Waals surface area contributed by atoms with E-state index < -0.39 is 18.2 Å². The first-order valence-corrected chi connectivity index (χ1v) is 6.36. The summed E-state index contributed by atoms with van der Waals surface area (Å²) in [4.78, 5) is 22.6. The molecule has 2 fully saturated rings. The quantitative estimate of drug-likeness (QED) is 0.759. The van der Waals surface area contributed by atoms with Crippen molar-refractivity contribution in [2.45, 2.75) is 57.0 Å². The van der Waals surface area contributed by atoms with Crippen LogP contribution in [0.4, 0.5) is 0 Å². The number of carboxylic acids is 1. The molecule has 1 amide bonds. The first kappa shape index (κ1) is 13.3. The molecular weight excluding hydrogens is 238 g/mol. The third-order valence-corrected chi connectivity index (χ3v) is 3.42. The van der Waals surface area contributed by atoms with Crippen molar-refractivity contribution in [1.29, 1.82) is 0 Å². The second kappa shape index (κ2) is 5.67. The zero-order chi connectivity index (χ0) is 13.1. The fraction of sp³-hybridized carbons (Fsp3) is 0.833. The molecule has 2 aliphatic heterocycles. The molecule has 2 unspecified atom stereocenters. The Hall–Kier alpha value is -1.14. The van der Waals surface area contributed by atoms with Gasteiger partial charge in [0.25, 0.3) is 0 Å². The van der Waals surface area contributed by atoms with E-state index in [1.807, 2.05) is 6.92 Å². The molecular formula is C12H19NO5. The van der Waals surface area contributed by atoms with Crippen LogP contribution in [-0.4, -0.2) is 47.9 Å². The van der Waals surface area contributed by atoms with E-state index in [0.29, 0.717) is 19.4 Å². The van der Waals surface area contributed by atoms with Gasteiger partial charge in [-0.1, -0.05) is 0 Å². The highest BCUT2D eigenvalue weighted by molar-refractivity contribution is 5.82. The molecule has 2 heterocycles. The van der Waals surface area contributed by atoms with E-state index >= 15 is 0 Å². The van der Waals surface area contributed by atoms with Gasteiger partial charge in [0.15, 0.2) is 6.10 Å². The molecule has 2 aliphatic rings. The largest absolute Gasteiger partial charge is 0.479 e. The molecule has 4 atom stereocenters. The lowest BCUT2D eigenvalue weighted by Gasteiger charge is -2.28. The number of hydrogen-bond donors (Lipinski definition) is 2. The molecule has 6 heteroatoms. The number of nitrogens with one attached hydrogen (secondary N) is 1. The van der Waals surface area contributed by atoms with Crippen molar-refractivity contribution in [3.63, 3.8) is 0 Å². The second-order valence-electron chi connectivity index (χ2n) is 4.94. The highest BCUT2D eigenvalue weighted by Gasteiger charge is 2.35. The van der Waals surface area contributed by atoms with Gasteiger partial charge < -0.3 is 19.9 Å². The predicted octanol–water partition coefficient (Wildman–Crippen LogP) is 0.302. The van der Waals surface area contributed by atoms with Gasteiger partial charge in [0, 0.05) is 12.6 Å². The minimum atomic E-state index is -0.995. The van der Waals surface area contributed by atoms with E-state index in [1.54, 1.807) is 0 Å². The molecule has 2 rings (SSSR count). The van der Waals surface area contributed by atoms with Crippen molar-refractivity contribution in [2.75, 3.05) is 6.61 Å². The molecule has 0 aromatic rings. The maximum atomic E-state index is 11.9. The lowest BCUT2D eigenvalue weighted by Crippen LogP contribution is -2.45. The standard InChI is InChI=1S/C12H19NO5/c1-7-6-8(4-5-17-7)13-11(14)9-2-3-10(18-9)12(15)16/h7-10H,2-6H2,1H3,(H,13,14)(H,15,16)/t7?,8?,9-,10+/m0/s1. The molecule has 0 aliphatic carbocycles. The van der Waals surface area contributed by atoms with Crippen LogP contribution in [0.15, 0.2) is 0 Å². The number of aliphatic carboxylic acids is 1. The summed E-state index contributed by atoms with van der Waals surface area (Å²) in [5.41, 5.74) is 0. The van der Waals surface area contributed by atoms with E-state index in [0.717, 1.165) is 12.8 Å². The number of amides is 1. The van der Waals surface area contributed by atoms with Gasteiger partial charge in [-0.15, -0.1) is 0 Å². The van der Waals surface area contributed by atoms with Crippen LogP contribution in [-0.2, 0) is 19.1 Å². The summed E-state index contributed by atoms with van der Waals surface area (Å²) in [6.07, 6.45) is 1.16. The molecule has 6 nitrogen and oxygen atoms in total. The number of hydrogen-bond acceptors (Lipinski definition) is 4. The summed E-state index contributed by atoms with van der Waals surface area (Å²) in [6.45, 7) is 2.63. The molecule has 0 aromatic heterocycles. The molecule has 0 aromatic carbocycles. The van der Waals surface area contributed by atoms with Crippen molar-refractivity contribution in [3.05, 3.63) is 0 Å². The molecule has 0 spiro atoms. The second-order valence-corrected chi connectivity index (χ2v) is 4.94. The Bertz CT molecular complexity index is 332. The Morgan fingerprint density at radius 1 is 1.22 bits per heavy atom. The molecule has 102 valence electrons. The van der Waals surface area contributed by atoms with Gasteiger partial charge in [0.05, 0.1) is 6.10 Å². The van der Waals surface area contributed by atoms with Crippen molar-refractivity contribution in [3.8, 4) is 0 Å². The summed E-state index contributed by atoms with van der Waals surface area (Å²) in [6, 6.07) is 0.105. The molecule has 0 saturated carbocycles. The molecule has 2 saturated heterocycles. The van der Waals surface area contributed by atoms with Crippen molar-refractivity contribution in [2.24, 2.45) is 0 Å². The Morgan fingerprint density at radius 3 is 2.56 bits per heavy atom. The van der Waals surface area contributed by atoms with E-state index in [1.165, 1.54) is 0 Å². The van der Waals surface area contributed by atoms with Gasteiger partial charge >= 0.3 is 5.97 Å². The van der Waals surface area contributed by atoms with Crippen LogP contribution in [0.25, 0.3) is 0 Å². The van der Waals surface area contributed by atoms with Crippen LogP contribution >= 0.6 is 0 Å². The molecule has 18 heavy (non-hydrogen) atoms. The number of carbonyl (C=O) groups excluding carboxylic acids is 1. The zero-order valence-corrected chi connectivity index (χ0v) is 10.4. The maximum absolute atomic E-state index is 11.9. The van der Waals surface area contributed by atoms with Gasteiger partial charge in [-0.3, -0.25) is 4.79 Å². The lowest BCUT2D eigenvalue weighted by molar-refractivity contribution is -0.152. The minimum Gasteiger partial charge on any atom is -0.479 e. The number of rotatable bonds is 3. The van der Waals surface area contributed by atoms with Crippen molar-refractivity contribution < 1.29 is 24.2 Å². The van der Waals surface area contributed by atoms with Crippen molar-refractivity contribution >= 4 is 11.9 Å². The van der Waals surface area contributed by atoms with E-state index in [4.69, 9.17) is 14.6 Å². The third kappa shape index (κ3) is 3.20. The fourth-order valence-electron chi connectivity index (χ4n) is 2.43. The SMILES string of the molecule is CC1CC(NC(=O)[C@@H]2CC[C@H](C(=O)O)O2)CCO1. The van der Waals surface area contributed by atoms with Gasteiger partial charge in [0.1, 0.15) is 6.10 Å². The third-order valence-electron chi connectivity index (χ3n) is 3.42. The van der Waals surface area contributed by atoms with Crippen LogP contribution < -0.4 is 5.32 Å². The monoisotopic (exact) mass is 257 g/mol. The average Bonchev–Trinajstić information content (AvgIpc) is 2.78. The fourth-order valence-corrected chi connectivity index (χ4v) is 2.43. The lowest BCUT2D eigenvalue weighted by atomic mass is 10.0. The Balaban J connectivity index is 1.80. The van der Waals surface area contributed by atoms with Gasteiger partial charge in [0.2, 0.25) is 5.91 Å². The zero-order valence-electron chi connectivity index (χ0n) is 10.4. The maximum Gasteiger partial charge on any atom is 0.332 e. The van der Waals surface area contributed by atoms with Crippen LogP contribution in [0.2, 0.25) is 0 Å². The van der Waals surface area contributed by atoms with E-state index in [2.05, 4.69) is 5.32 Å². The van der Waals surface area contributed by atoms with E-state index in [9.17, 15) is 9.59 Å². The highest BCUT2D eigenvalue weighted by Crippen LogP contribution is 2.21. The Kier molecular flexibility index (Phi) is 4.19. The van der Waals surface area contributed by atoms with Crippen LogP contribution in [0, 0.1) is 0 Å². The minimum absolute atomic E-state index is 0.105. The average molecular weight is 257 g/mol. The molecule has 2 N–H and O–H groups in total. The summed E-state index contributed by atoms with van der Waals surface area (Å²) < 4.78 is 10.6. The Morgan fingerprint density at radius 2 is 1.94 bits per heavy atom. The Labute approximate surface area is 106 Å². The first-order valence-electron chi connectivity index (χ1n) is 6.36.